The number of nitrogens with zero attached hydrogens (tertiary/aromatic N) is 2. The Morgan fingerprint density at radius 3 is 2.73 bits per heavy atom. The lowest BCUT2D eigenvalue weighted by Crippen LogP contribution is -2.31. The topological polar surface area (TPSA) is 91.5 Å². The van der Waals surface area contributed by atoms with Gasteiger partial charge in [0, 0.05) is 13.6 Å². The monoisotopic (exact) mass is 207 g/mol. The number of guanidine groups is 2. The van der Waals surface area contributed by atoms with Gasteiger partial charge in [-0.05, 0) is 18.9 Å². The predicted molar refractivity (Wildman–Crippen MR) is 62.6 cm³/mol. The van der Waals surface area contributed by atoms with Crippen LogP contribution in [-0.2, 0) is 0 Å². The maximum atomic E-state index is 7.59. The van der Waals surface area contributed by atoms with Crippen molar-refractivity contribution < 1.29 is 0 Å². The van der Waals surface area contributed by atoms with Crippen molar-refractivity contribution in [1.82, 2.24) is 4.90 Å². The molecule has 0 aromatic heterocycles. The Morgan fingerprint density at radius 2 is 2.27 bits per heavy atom. The molecule has 1 aliphatic carbocycles. The minimum Gasteiger partial charge on any atom is -0.370 e. The lowest BCUT2D eigenvalue weighted by molar-refractivity contribution is 0.542. The molecule has 0 radical (unpaired) electrons. The van der Waals surface area contributed by atoms with Gasteiger partial charge in [0.05, 0.1) is 0 Å². The van der Waals surface area contributed by atoms with Gasteiger partial charge >= 0.3 is 0 Å². The number of rotatable bonds is 2. The van der Waals surface area contributed by atoms with Crippen molar-refractivity contribution in [3.8, 4) is 0 Å². The van der Waals surface area contributed by atoms with Gasteiger partial charge in [-0.2, -0.15) is 4.99 Å². The Labute approximate surface area is 89.7 Å². The van der Waals surface area contributed by atoms with Crippen LogP contribution in [0.1, 0.15) is 13.3 Å². The number of likely N-dealkylation sites (N-methyl/N-ethyl adjacent to an activating group) is 1. The largest absolute Gasteiger partial charge is 0.370 e. The molecule has 0 amide bonds. The van der Waals surface area contributed by atoms with E-state index in [2.05, 4.69) is 24.1 Å². The zero-order valence-corrected chi connectivity index (χ0v) is 9.12. The normalized spacial score (nSPS) is 14.3. The third kappa shape index (κ3) is 3.12. The molecule has 0 saturated heterocycles. The van der Waals surface area contributed by atoms with Crippen molar-refractivity contribution in [2.75, 3.05) is 13.6 Å². The van der Waals surface area contributed by atoms with Crippen molar-refractivity contribution >= 4 is 11.9 Å². The molecule has 0 aromatic carbocycles. The van der Waals surface area contributed by atoms with Gasteiger partial charge in [-0.25, -0.2) is 0 Å². The smallest absolute Gasteiger partial charge is 0.221 e. The summed E-state index contributed by atoms with van der Waals surface area (Å²) in [5.41, 5.74) is 13.0. The molecule has 1 aliphatic rings. The van der Waals surface area contributed by atoms with Crippen LogP contribution in [-0.4, -0.2) is 30.4 Å². The number of hydrogen-bond donors (Lipinski definition) is 3. The summed E-state index contributed by atoms with van der Waals surface area (Å²) in [6.07, 6.45) is 5.19. The van der Waals surface area contributed by atoms with Gasteiger partial charge in [-0.3, -0.25) is 5.41 Å². The average molecular weight is 207 g/mol. The van der Waals surface area contributed by atoms with Crippen molar-refractivity contribution in [2.45, 2.75) is 13.3 Å². The van der Waals surface area contributed by atoms with Gasteiger partial charge in [0.15, 0.2) is 5.96 Å². The number of hydrogen-bond acceptors (Lipinski definition) is 1. The van der Waals surface area contributed by atoms with E-state index in [0.29, 0.717) is 6.54 Å². The van der Waals surface area contributed by atoms with Gasteiger partial charge in [0.1, 0.15) is 0 Å². The Morgan fingerprint density at radius 1 is 1.60 bits per heavy atom. The van der Waals surface area contributed by atoms with Crippen LogP contribution in [0, 0.1) is 5.41 Å². The molecule has 5 nitrogen and oxygen atoms in total. The lowest BCUT2D eigenvalue weighted by Gasteiger charge is -2.17. The van der Waals surface area contributed by atoms with Crippen molar-refractivity contribution in [2.24, 2.45) is 16.5 Å². The van der Waals surface area contributed by atoms with E-state index in [1.165, 1.54) is 11.1 Å². The van der Waals surface area contributed by atoms with Crippen LogP contribution in [0.5, 0.6) is 0 Å². The molecule has 0 aliphatic heterocycles. The molecule has 0 spiro atoms. The first-order valence-corrected chi connectivity index (χ1v) is 4.75. The van der Waals surface area contributed by atoms with E-state index in [1.54, 1.807) is 11.9 Å². The third-order valence-corrected chi connectivity index (χ3v) is 2.30. The Balaban J connectivity index is 2.60. The van der Waals surface area contributed by atoms with Crippen molar-refractivity contribution in [1.29, 1.82) is 5.41 Å². The van der Waals surface area contributed by atoms with Crippen molar-refractivity contribution in [3.05, 3.63) is 23.3 Å². The second-order valence-electron chi connectivity index (χ2n) is 3.63. The van der Waals surface area contributed by atoms with E-state index >= 15 is 0 Å². The SMILES string of the molecule is CC1=C(CN(C)C(=N)N=C(N)N)C=CC1. The Bertz CT molecular complexity index is 347. The Kier molecular flexibility index (Phi) is 3.49. The maximum Gasteiger partial charge on any atom is 0.221 e. The Hall–Kier alpha value is -1.78. The molecule has 0 heterocycles. The van der Waals surface area contributed by atoms with E-state index in [1.807, 2.05) is 0 Å². The third-order valence-electron chi connectivity index (χ3n) is 2.30. The predicted octanol–water partition coefficient (Wildman–Crippen LogP) is 0.403. The molecule has 1 rings (SSSR count). The van der Waals surface area contributed by atoms with Crippen LogP contribution in [0.4, 0.5) is 0 Å². The minimum absolute atomic E-state index is 0.0793. The fourth-order valence-electron chi connectivity index (χ4n) is 1.38. The van der Waals surface area contributed by atoms with Crippen molar-refractivity contribution in [3.63, 3.8) is 0 Å². The highest BCUT2D eigenvalue weighted by molar-refractivity contribution is 5.91. The molecule has 0 unspecified atom stereocenters. The van der Waals surface area contributed by atoms with Gasteiger partial charge in [0.25, 0.3) is 0 Å². The second-order valence-corrected chi connectivity index (χ2v) is 3.63. The zero-order chi connectivity index (χ0) is 11.4. The molecule has 5 heteroatoms. The minimum atomic E-state index is -0.0838. The van der Waals surface area contributed by atoms with Gasteiger partial charge < -0.3 is 16.4 Å². The highest BCUT2D eigenvalue weighted by Crippen LogP contribution is 2.18. The maximum absolute atomic E-state index is 7.59. The second kappa shape index (κ2) is 4.63. The molecule has 0 bridgehead atoms. The van der Waals surface area contributed by atoms with Crippen LogP contribution in [0.3, 0.4) is 0 Å². The number of nitrogens with one attached hydrogen (secondary N) is 1. The van der Waals surface area contributed by atoms with E-state index in [4.69, 9.17) is 16.9 Å². The summed E-state index contributed by atoms with van der Waals surface area (Å²) in [4.78, 5) is 5.38. The fourth-order valence-corrected chi connectivity index (χ4v) is 1.38. The standard InChI is InChI=1S/C10H17N5/c1-7-4-3-5-8(7)6-15(2)10(13)14-9(11)12/h3,5H,4,6H2,1-2H3,(H5,11,12,13,14). The zero-order valence-electron chi connectivity index (χ0n) is 9.12. The summed E-state index contributed by atoms with van der Waals surface area (Å²) >= 11 is 0. The molecule has 82 valence electrons. The average Bonchev–Trinajstić information content (AvgIpc) is 2.50. The van der Waals surface area contributed by atoms with E-state index < -0.39 is 0 Å². The molecule has 0 atom stereocenters. The first-order chi connectivity index (χ1) is 7.00. The summed E-state index contributed by atoms with van der Waals surface area (Å²) in [5, 5.41) is 7.59. The first kappa shape index (κ1) is 11.3. The molecular weight excluding hydrogens is 190 g/mol. The molecular formula is C10H17N5. The number of allylic oxidation sites excluding steroid dienone is 2. The molecule has 15 heavy (non-hydrogen) atoms. The van der Waals surface area contributed by atoms with Crippen LogP contribution in [0.25, 0.3) is 0 Å². The summed E-state index contributed by atoms with van der Waals surface area (Å²) in [7, 11) is 1.79. The lowest BCUT2D eigenvalue weighted by atomic mass is 10.2. The number of aliphatic imine (C=N–C) groups is 1. The number of nitrogens with two attached hydrogens (primary N) is 2. The summed E-state index contributed by atoms with van der Waals surface area (Å²) in [6, 6.07) is 0. The van der Waals surface area contributed by atoms with Gasteiger partial charge in [-0.1, -0.05) is 17.7 Å². The summed E-state index contributed by atoms with van der Waals surface area (Å²) in [6.45, 7) is 2.76. The molecule has 0 fully saturated rings. The highest BCUT2D eigenvalue weighted by atomic mass is 15.2. The fraction of sp³-hybridized carbons (Fsp3) is 0.400. The molecule has 0 aromatic rings. The van der Waals surface area contributed by atoms with Crippen LogP contribution in [0.15, 0.2) is 28.3 Å². The van der Waals surface area contributed by atoms with E-state index in [9.17, 15) is 0 Å². The highest BCUT2D eigenvalue weighted by Gasteiger charge is 2.09. The molecule has 5 N–H and O–H groups in total. The quantitative estimate of drug-likeness (QED) is 0.452. The van der Waals surface area contributed by atoms with Crippen LogP contribution in [0.2, 0.25) is 0 Å². The van der Waals surface area contributed by atoms with Gasteiger partial charge in [0.2, 0.25) is 5.96 Å². The first-order valence-electron chi connectivity index (χ1n) is 4.75. The summed E-state index contributed by atoms with van der Waals surface area (Å²) < 4.78 is 0. The van der Waals surface area contributed by atoms with E-state index in [-0.39, 0.29) is 11.9 Å². The van der Waals surface area contributed by atoms with E-state index in [0.717, 1.165) is 6.42 Å². The van der Waals surface area contributed by atoms with Gasteiger partial charge in [-0.15, -0.1) is 0 Å². The van der Waals surface area contributed by atoms with Crippen LogP contribution < -0.4 is 11.5 Å². The summed E-state index contributed by atoms with van der Waals surface area (Å²) in [5.74, 6) is -0.00452. The van der Waals surface area contributed by atoms with Crippen LogP contribution >= 0.6 is 0 Å². The molecule has 0 saturated carbocycles.